The topological polar surface area (TPSA) is 89.0 Å². The van der Waals surface area contributed by atoms with Crippen molar-refractivity contribution < 1.29 is 24.2 Å². The number of hydrogen-bond acceptors (Lipinski definition) is 7. The molecule has 1 N–H and O–H groups in total. The van der Waals surface area contributed by atoms with E-state index < -0.39 is 17.7 Å². The van der Waals surface area contributed by atoms with Gasteiger partial charge in [-0.2, -0.15) is 0 Å². The van der Waals surface area contributed by atoms with Gasteiger partial charge in [-0.1, -0.05) is 29.5 Å². The fourth-order valence-corrected chi connectivity index (χ4v) is 5.53. The predicted octanol–water partition coefficient (Wildman–Crippen LogP) is 6.03. The average Bonchev–Trinajstić information content (AvgIpc) is 3.42. The normalized spacial score (nSPS) is 16.9. The lowest BCUT2D eigenvalue weighted by Gasteiger charge is -2.23. The maximum atomic E-state index is 13.5. The fraction of sp³-hybridized carbons (Fsp3) is 0.207. The molecule has 37 heavy (non-hydrogen) atoms. The Hall–Kier alpha value is -4.17. The molecule has 1 aliphatic rings. The fourth-order valence-electron chi connectivity index (χ4n) is 4.44. The Labute approximate surface area is 218 Å². The minimum Gasteiger partial charge on any atom is -0.507 e. The smallest absolute Gasteiger partial charge is 0.301 e. The summed E-state index contributed by atoms with van der Waals surface area (Å²) in [5.41, 5.74) is 2.85. The van der Waals surface area contributed by atoms with Gasteiger partial charge in [0, 0.05) is 5.56 Å². The van der Waals surface area contributed by atoms with Gasteiger partial charge >= 0.3 is 5.91 Å². The Morgan fingerprint density at radius 3 is 2.43 bits per heavy atom. The van der Waals surface area contributed by atoms with Gasteiger partial charge in [0.1, 0.15) is 17.3 Å². The number of Topliss-reactive ketones (excluding diaryl/α,β-unsaturated/α-hetero) is 1. The predicted molar refractivity (Wildman–Crippen MR) is 144 cm³/mol. The molecule has 0 saturated carbocycles. The number of rotatable bonds is 7. The molecule has 1 fully saturated rings. The van der Waals surface area contributed by atoms with Crippen molar-refractivity contribution in [2.75, 3.05) is 18.1 Å². The zero-order valence-corrected chi connectivity index (χ0v) is 21.5. The van der Waals surface area contributed by atoms with Gasteiger partial charge in [0.25, 0.3) is 5.78 Å². The molecule has 188 valence electrons. The average molecular weight is 515 g/mol. The highest BCUT2D eigenvalue weighted by molar-refractivity contribution is 7.22. The number of aryl methyl sites for hydroxylation is 1. The Morgan fingerprint density at radius 1 is 0.973 bits per heavy atom. The monoisotopic (exact) mass is 514 g/mol. The number of thiazole rings is 1. The molecule has 8 heteroatoms. The number of aromatic nitrogens is 1. The van der Waals surface area contributed by atoms with Crippen molar-refractivity contribution in [1.29, 1.82) is 0 Å². The van der Waals surface area contributed by atoms with E-state index in [1.807, 2.05) is 51.1 Å². The van der Waals surface area contributed by atoms with E-state index in [1.165, 1.54) is 16.2 Å². The lowest BCUT2D eigenvalue weighted by Crippen LogP contribution is -2.29. The summed E-state index contributed by atoms with van der Waals surface area (Å²) in [5, 5.41) is 11.8. The van der Waals surface area contributed by atoms with E-state index in [0.29, 0.717) is 41.0 Å². The highest BCUT2D eigenvalue weighted by Gasteiger charge is 2.48. The van der Waals surface area contributed by atoms with Crippen LogP contribution < -0.4 is 14.4 Å². The number of aliphatic hydroxyl groups excluding tert-OH is 1. The van der Waals surface area contributed by atoms with E-state index in [9.17, 15) is 14.7 Å². The van der Waals surface area contributed by atoms with Crippen LogP contribution in [0.1, 0.15) is 36.6 Å². The molecular formula is C29H26N2O5S. The van der Waals surface area contributed by atoms with E-state index in [-0.39, 0.29) is 11.3 Å². The van der Waals surface area contributed by atoms with Crippen LogP contribution in [0.3, 0.4) is 0 Å². The summed E-state index contributed by atoms with van der Waals surface area (Å²) in [6, 6.07) is 19.0. The number of ketones is 1. The van der Waals surface area contributed by atoms with Crippen molar-refractivity contribution >= 4 is 44.1 Å². The molecule has 2 heterocycles. The number of aliphatic hydroxyl groups is 1. The maximum absolute atomic E-state index is 13.5. The number of carbonyl (C=O) groups is 2. The van der Waals surface area contributed by atoms with Gasteiger partial charge in [-0.05, 0) is 80.4 Å². The number of anilines is 1. The Balaban J connectivity index is 1.69. The first-order chi connectivity index (χ1) is 17.9. The van der Waals surface area contributed by atoms with Crippen LogP contribution in [0, 0.1) is 6.92 Å². The van der Waals surface area contributed by atoms with Crippen molar-refractivity contribution in [1.82, 2.24) is 4.98 Å². The molecule has 7 nitrogen and oxygen atoms in total. The first-order valence-electron chi connectivity index (χ1n) is 12.1. The van der Waals surface area contributed by atoms with Crippen molar-refractivity contribution in [3.8, 4) is 11.5 Å². The summed E-state index contributed by atoms with van der Waals surface area (Å²) in [5.74, 6) is -0.520. The van der Waals surface area contributed by atoms with Gasteiger partial charge in [-0.15, -0.1) is 0 Å². The Kier molecular flexibility index (Phi) is 6.67. The summed E-state index contributed by atoms with van der Waals surface area (Å²) in [7, 11) is 0. The third-order valence-electron chi connectivity index (χ3n) is 6.11. The van der Waals surface area contributed by atoms with Gasteiger partial charge in [0.15, 0.2) is 5.13 Å². The second-order valence-electron chi connectivity index (χ2n) is 8.60. The summed E-state index contributed by atoms with van der Waals surface area (Å²) >= 11 is 1.33. The van der Waals surface area contributed by atoms with Crippen LogP contribution in [-0.2, 0) is 9.59 Å². The summed E-state index contributed by atoms with van der Waals surface area (Å²) in [6.45, 7) is 6.73. The molecule has 1 atom stereocenters. The lowest BCUT2D eigenvalue weighted by atomic mass is 9.95. The van der Waals surface area contributed by atoms with Crippen molar-refractivity contribution in [3.05, 3.63) is 89.0 Å². The highest BCUT2D eigenvalue weighted by Crippen LogP contribution is 2.45. The molecule has 1 aromatic heterocycles. The van der Waals surface area contributed by atoms with Gasteiger partial charge in [-0.25, -0.2) is 4.98 Å². The van der Waals surface area contributed by atoms with Crippen LogP contribution in [0.2, 0.25) is 0 Å². The van der Waals surface area contributed by atoms with Crippen LogP contribution >= 0.6 is 11.3 Å². The van der Waals surface area contributed by atoms with Crippen molar-refractivity contribution in [3.63, 3.8) is 0 Å². The summed E-state index contributed by atoms with van der Waals surface area (Å²) < 4.78 is 12.1. The van der Waals surface area contributed by atoms with E-state index in [0.717, 1.165) is 15.8 Å². The molecule has 0 aliphatic carbocycles. The number of hydrogen-bond donors (Lipinski definition) is 1. The van der Waals surface area contributed by atoms with E-state index in [2.05, 4.69) is 4.98 Å². The van der Waals surface area contributed by atoms with Crippen molar-refractivity contribution in [2.45, 2.75) is 26.8 Å². The molecule has 0 radical (unpaired) electrons. The van der Waals surface area contributed by atoms with E-state index in [4.69, 9.17) is 9.47 Å². The summed E-state index contributed by atoms with van der Waals surface area (Å²) in [6.07, 6.45) is 0. The third-order valence-corrected chi connectivity index (χ3v) is 7.12. The molecule has 0 spiro atoms. The number of amides is 1. The van der Waals surface area contributed by atoms with E-state index in [1.54, 1.807) is 36.4 Å². The van der Waals surface area contributed by atoms with Crippen LogP contribution in [0.25, 0.3) is 16.0 Å². The third kappa shape index (κ3) is 4.56. The Morgan fingerprint density at radius 2 is 1.70 bits per heavy atom. The number of ether oxygens (including phenoxy) is 2. The molecule has 1 amide bonds. The number of nitrogens with zero attached hydrogens (tertiary/aromatic N) is 2. The summed E-state index contributed by atoms with van der Waals surface area (Å²) in [4.78, 5) is 33.0. The maximum Gasteiger partial charge on any atom is 0.301 e. The van der Waals surface area contributed by atoms with Crippen LogP contribution in [0.4, 0.5) is 5.13 Å². The van der Waals surface area contributed by atoms with Gasteiger partial charge in [0.2, 0.25) is 0 Å². The molecule has 3 aromatic carbocycles. The SMILES string of the molecule is CCOc1ccc(/C(O)=C2\C(=O)C(=O)N(c3nc4ccc(C)cc4s3)C2c2cccc(OCC)c2)cc1. The molecule has 4 aromatic rings. The zero-order chi connectivity index (χ0) is 26.1. The van der Waals surface area contributed by atoms with Gasteiger partial charge < -0.3 is 14.6 Å². The molecule has 0 bridgehead atoms. The minimum absolute atomic E-state index is 0.00162. The molecule has 1 unspecified atom stereocenters. The van der Waals surface area contributed by atoms with Crippen LogP contribution in [0.5, 0.6) is 11.5 Å². The van der Waals surface area contributed by atoms with Crippen LogP contribution in [0.15, 0.2) is 72.3 Å². The van der Waals surface area contributed by atoms with Crippen molar-refractivity contribution in [2.24, 2.45) is 0 Å². The van der Waals surface area contributed by atoms with Gasteiger partial charge in [-0.3, -0.25) is 14.5 Å². The standard InChI is InChI=1S/C29H26N2O5S/c1-4-35-20-12-10-18(11-13-20)26(32)24-25(19-7-6-8-21(16-19)36-5-2)31(28(34)27(24)33)29-30-22-14-9-17(3)15-23(22)37-29/h6-16,25,32H,4-5H2,1-3H3/b26-24+. The number of benzene rings is 3. The zero-order valence-electron chi connectivity index (χ0n) is 20.7. The quantitative estimate of drug-likeness (QED) is 0.184. The molecular weight excluding hydrogens is 488 g/mol. The lowest BCUT2D eigenvalue weighted by molar-refractivity contribution is -0.132. The highest BCUT2D eigenvalue weighted by atomic mass is 32.1. The first kappa shape index (κ1) is 24.5. The Bertz CT molecular complexity index is 1520. The van der Waals surface area contributed by atoms with E-state index >= 15 is 0 Å². The molecule has 1 saturated heterocycles. The van der Waals surface area contributed by atoms with Gasteiger partial charge in [0.05, 0.1) is 35.0 Å². The minimum atomic E-state index is -0.881. The molecule has 5 rings (SSSR count). The number of carbonyl (C=O) groups excluding carboxylic acids is 2. The van der Waals surface area contributed by atoms with Crippen LogP contribution in [-0.4, -0.2) is 35.0 Å². The number of fused-ring (bicyclic) bond motifs is 1. The largest absolute Gasteiger partial charge is 0.507 e. The molecule has 1 aliphatic heterocycles. The second kappa shape index (κ2) is 10.1. The second-order valence-corrected chi connectivity index (χ2v) is 9.61. The first-order valence-corrected chi connectivity index (χ1v) is 12.9.